The van der Waals surface area contributed by atoms with Crippen molar-refractivity contribution in [1.82, 2.24) is 20.2 Å². The average Bonchev–Trinajstić information content (AvgIpc) is 2.67. The van der Waals surface area contributed by atoms with Gasteiger partial charge in [0.05, 0.1) is 0 Å². The molecule has 144 valence electrons. The molecule has 1 aliphatic rings. The topological polar surface area (TPSA) is 58.1 Å². The van der Waals surface area contributed by atoms with Gasteiger partial charge >= 0.3 is 12.2 Å². The Morgan fingerprint density at radius 3 is 2.41 bits per heavy atom. The van der Waals surface area contributed by atoms with Gasteiger partial charge in [-0.15, -0.1) is 0 Å². The van der Waals surface area contributed by atoms with Crippen molar-refractivity contribution in [1.29, 1.82) is 0 Å². The number of carbonyl (C=O) groups is 1. The summed E-state index contributed by atoms with van der Waals surface area (Å²) in [4.78, 5) is 21.9. The zero-order chi connectivity index (χ0) is 19.4. The van der Waals surface area contributed by atoms with Gasteiger partial charge in [0.1, 0.15) is 6.33 Å². The molecule has 0 radical (unpaired) electrons. The highest BCUT2D eigenvalue weighted by Gasteiger charge is 2.42. The van der Waals surface area contributed by atoms with Crippen LogP contribution in [0.2, 0.25) is 5.02 Å². The summed E-state index contributed by atoms with van der Waals surface area (Å²) in [6, 6.07) is 4.28. The van der Waals surface area contributed by atoms with E-state index in [9.17, 15) is 18.0 Å². The molecule has 1 fully saturated rings. The Balaban J connectivity index is 1.64. The van der Waals surface area contributed by atoms with Crippen LogP contribution in [-0.4, -0.2) is 40.2 Å². The second-order valence-electron chi connectivity index (χ2n) is 6.37. The molecule has 0 aliphatic carbocycles. The van der Waals surface area contributed by atoms with Crippen molar-refractivity contribution >= 4 is 17.6 Å². The number of hydrogen-bond donors (Lipinski definition) is 1. The lowest BCUT2D eigenvalue weighted by Crippen LogP contribution is -2.48. The molecule has 3 rings (SSSR count). The summed E-state index contributed by atoms with van der Waals surface area (Å²) in [7, 11) is 0. The van der Waals surface area contributed by atoms with Gasteiger partial charge in [-0.05, 0) is 36.6 Å². The minimum Gasteiger partial charge on any atom is -0.325 e. The van der Waals surface area contributed by atoms with Gasteiger partial charge in [0, 0.05) is 35.9 Å². The first-order chi connectivity index (χ1) is 12.8. The predicted octanol–water partition coefficient (Wildman–Crippen LogP) is 4.32. The Morgan fingerprint density at radius 2 is 1.85 bits per heavy atom. The van der Waals surface area contributed by atoms with Crippen molar-refractivity contribution in [2.75, 3.05) is 13.1 Å². The molecule has 1 N–H and O–H groups in total. The highest BCUT2D eigenvalue weighted by molar-refractivity contribution is 6.30. The third-order valence-corrected chi connectivity index (χ3v) is 4.86. The van der Waals surface area contributed by atoms with Crippen molar-refractivity contribution in [2.45, 2.75) is 31.0 Å². The van der Waals surface area contributed by atoms with Crippen LogP contribution in [0.15, 0.2) is 42.9 Å². The zero-order valence-corrected chi connectivity index (χ0v) is 15.0. The molecule has 1 aliphatic heterocycles. The fourth-order valence-electron chi connectivity index (χ4n) is 3.14. The standard InChI is InChI=1S/C18H18ClF3N4O/c19-14-3-1-13(2-4-14)16(18(20,21)22)25-17(27)26-9-6-12(7-10-26)15-5-8-23-11-24-15/h1-5,8,11-12,16H,6-7,9-10H2,(H,25,27). The van der Waals surface area contributed by atoms with E-state index in [1.807, 2.05) is 6.07 Å². The fourth-order valence-corrected chi connectivity index (χ4v) is 3.27. The van der Waals surface area contributed by atoms with Crippen LogP contribution in [0.5, 0.6) is 0 Å². The maximum absolute atomic E-state index is 13.4. The number of likely N-dealkylation sites (tertiary alicyclic amines) is 1. The number of aromatic nitrogens is 2. The highest BCUT2D eigenvalue weighted by atomic mass is 35.5. The van der Waals surface area contributed by atoms with E-state index in [0.29, 0.717) is 31.0 Å². The van der Waals surface area contributed by atoms with Crippen molar-refractivity contribution in [3.8, 4) is 0 Å². The number of nitrogens with one attached hydrogen (secondary N) is 1. The Kier molecular flexibility index (Phi) is 5.84. The number of rotatable bonds is 3. The second-order valence-corrected chi connectivity index (χ2v) is 6.81. The van der Waals surface area contributed by atoms with Crippen LogP contribution in [0.3, 0.4) is 0 Å². The number of amides is 2. The number of benzene rings is 1. The quantitative estimate of drug-likeness (QED) is 0.837. The third-order valence-electron chi connectivity index (χ3n) is 4.60. The van der Waals surface area contributed by atoms with E-state index in [2.05, 4.69) is 15.3 Å². The van der Waals surface area contributed by atoms with E-state index in [-0.39, 0.29) is 11.5 Å². The molecule has 0 spiro atoms. The number of alkyl halides is 3. The molecule has 0 saturated carbocycles. The summed E-state index contributed by atoms with van der Waals surface area (Å²) >= 11 is 5.74. The molecule has 0 bridgehead atoms. The molecular weight excluding hydrogens is 381 g/mol. The summed E-state index contributed by atoms with van der Waals surface area (Å²) in [5.41, 5.74) is 0.829. The molecule has 1 aromatic heterocycles. The Hall–Kier alpha value is -2.35. The number of urea groups is 1. The van der Waals surface area contributed by atoms with Gasteiger partial charge in [-0.1, -0.05) is 23.7 Å². The molecule has 2 amide bonds. The average molecular weight is 399 g/mol. The van der Waals surface area contributed by atoms with Crippen molar-refractivity contribution in [2.24, 2.45) is 0 Å². The Bertz CT molecular complexity index is 762. The van der Waals surface area contributed by atoms with E-state index < -0.39 is 18.2 Å². The maximum atomic E-state index is 13.4. The van der Waals surface area contributed by atoms with Crippen LogP contribution in [0.4, 0.5) is 18.0 Å². The lowest BCUT2D eigenvalue weighted by Gasteiger charge is -2.33. The molecule has 9 heteroatoms. The van der Waals surface area contributed by atoms with Gasteiger partial charge in [-0.3, -0.25) is 0 Å². The number of halogens is 4. The summed E-state index contributed by atoms with van der Waals surface area (Å²) in [5.74, 6) is 0.173. The number of carbonyl (C=O) groups excluding carboxylic acids is 1. The van der Waals surface area contributed by atoms with Crippen LogP contribution in [0, 0.1) is 0 Å². The summed E-state index contributed by atoms with van der Waals surface area (Å²) < 4.78 is 40.3. The minimum atomic E-state index is -4.61. The van der Waals surface area contributed by atoms with Gasteiger partial charge in [-0.2, -0.15) is 13.2 Å². The largest absolute Gasteiger partial charge is 0.412 e. The summed E-state index contributed by atoms with van der Waals surface area (Å²) in [5, 5.41) is 2.44. The SMILES string of the molecule is O=C(NC(c1ccc(Cl)cc1)C(F)(F)F)N1CCC(c2ccncn2)CC1. The third kappa shape index (κ3) is 4.88. The fraction of sp³-hybridized carbons (Fsp3) is 0.389. The normalized spacial score (nSPS) is 16.8. The number of hydrogen-bond acceptors (Lipinski definition) is 3. The van der Waals surface area contributed by atoms with Gasteiger partial charge in [0.25, 0.3) is 0 Å². The van der Waals surface area contributed by atoms with Crippen molar-refractivity contribution in [3.63, 3.8) is 0 Å². The molecule has 1 unspecified atom stereocenters. The predicted molar refractivity (Wildman–Crippen MR) is 94.4 cm³/mol. The number of nitrogens with zero attached hydrogens (tertiary/aromatic N) is 3. The van der Waals surface area contributed by atoms with Gasteiger partial charge in [0.2, 0.25) is 0 Å². The van der Waals surface area contributed by atoms with Gasteiger partial charge in [0.15, 0.2) is 6.04 Å². The lowest BCUT2D eigenvalue weighted by molar-refractivity contribution is -0.155. The monoisotopic (exact) mass is 398 g/mol. The van der Waals surface area contributed by atoms with Crippen LogP contribution in [0.25, 0.3) is 0 Å². The van der Waals surface area contributed by atoms with E-state index >= 15 is 0 Å². The molecule has 1 aromatic carbocycles. The van der Waals surface area contributed by atoms with Crippen LogP contribution in [0.1, 0.15) is 36.1 Å². The highest BCUT2D eigenvalue weighted by Crippen LogP contribution is 2.34. The Morgan fingerprint density at radius 1 is 1.19 bits per heavy atom. The molecule has 1 atom stereocenters. The minimum absolute atomic E-state index is 0.0591. The van der Waals surface area contributed by atoms with Gasteiger partial charge in [-0.25, -0.2) is 14.8 Å². The van der Waals surface area contributed by atoms with E-state index in [0.717, 1.165) is 5.69 Å². The first-order valence-corrected chi connectivity index (χ1v) is 8.86. The van der Waals surface area contributed by atoms with E-state index in [1.165, 1.54) is 35.5 Å². The smallest absolute Gasteiger partial charge is 0.325 e. The summed E-state index contributed by atoms with van der Waals surface area (Å²) in [6.07, 6.45) is -0.206. The van der Waals surface area contributed by atoms with Crippen molar-refractivity contribution < 1.29 is 18.0 Å². The second kappa shape index (κ2) is 8.12. The Labute approximate surface area is 159 Å². The molecule has 5 nitrogen and oxygen atoms in total. The first kappa shape index (κ1) is 19.4. The molecule has 27 heavy (non-hydrogen) atoms. The van der Waals surface area contributed by atoms with E-state index in [4.69, 9.17) is 11.6 Å². The van der Waals surface area contributed by atoms with Crippen LogP contribution in [-0.2, 0) is 0 Å². The molecular formula is C18H18ClF3N4O. The zero-order valence-electron chi connectivity index (χ0n) is 14.3. The number of piperidine rings is 1. The molecule has 2 aromatic rings. The van der Waals surface area contributed by atoms with Crippen LogP contribution >= 0.6 is 11.6 Å². The lowest BCUT2D eigenvalue weighted by atomic mass is 9.93. The molecule has 1 saturated heterocycles. The van der Waals surface area contributed by atoms with Crippen molar-refractivity contribution in [3.05, 3.63) is 59.1 Å². The maximum Gasteiger partial charge on any atom is 0.412 e. The van der Waals surface area contributed by atoms with Gasteiger partial charge < -0.3 is 10.2 Å². The van der Waals surface area contributed by atoms with E-state index in [1.54, 1.807) is 6.20 Å². The first-order valence-electron chi connectivity index (χ1n) is 8.48. The molecule has 2 heterocycles. The van der Waals surface area contributed by atoms with Crippen LogP contribution < -0.4 is 5.32 Å². The summed E-state index contributed by atoms with van der Waals surface area (Å²) in [6.45, 7) is 0.734.